The first-order valence-corrected chi connectivity index (χ1v) is 7.34. The lowest BCUT2D eigenvalue weighted by Crippen LogP contribution is -2.12. The molecule has 22 heavy (non-hydrogen) atoms. The summed E-state index contributed by atoms with van der Waals surface area (Å²) in [5, 5.41) is 2.81. The summed E-state index contributed by atoms with van der Waals surface area (Å²) in [4.78, 5) is 31.4. The molecule has 2 aromatic heterocycles. The highest BCUT2D eigenvalue weighted by molar-refractivity contribution is 7.21. The lowest BCUT2D eigenvalue weighted by Gasteiger charge is -2.09. The molecule has 0 aliphatic rings. The van der Waals surface area contributed by atoms with Gasteiger partial charge in [0.15, 0.2) is 0 Å². The molecular formula is C15H13N3O3S. The van der Waals surface area contributed by atoms with E-state index in [1.807, 2.05) is 12.1 Å². The summed E-state index contributed by atoms with van der Waals surface area (Å²) in [6.45, 7) is 1.78. The zero-order valence-electron chi connectivity index (χ0n) is 12.0. The Morgan fingerprint density at radius 2 is 2.14 bits per heavy atom. The standard InChI is InChI=1S/C15H13N3O3S/c1-8-11-13(14(19)17-7-16-11)22-12(8)15(20)18-9-5-3-4-6-10(9)21-2/h3-7H,1-2H3,(H,18,20)(H,16,17,19). The van der Waals surface area contributed by atoms with E-state index < -0.39 is 0 Å². The Hall–Kier alpha value is -2.67. The van der Waals surface area contributed by atoms with Gasteiger partial charge in [-0.1, -0.05) is 12.1 Å². The van der Waals surface area contributed by atoms with Gasteiger partial charge in [0.2, 0.25) is 0 Å². The minimum atomic E-state index is -0.288. The van der Waals surface area contributed by atoms with Crippen LogP contribution in [0.15, 0.2) is 35.4 Å². The fourth-order valence-corrected chi connectivity index (χ4v) is 3.23. The minimum Gasteiger partial charge on any atom is -0.495 e. The van der Waals surface area contributed by atoms with Gasteiger partial charge in [-0.05, 0) is 24.6 Å². The molecule has 0 radical (unpaired) electrons. The first kappa shape index (κ1) is 14.3. The summed E-state index contributed by atoms with van der Waals surface area (Å²) >= 11 is 1.13. The number of carbonyl (C=O) groups is 1. The molecule has 0 fully saturated rings. The molecule has 1 amide bonds. The topological polar surface area (TPSA) is 84.1 Å². The van der Waals surface area contributed by atoms with Crippen LogP contribution in [0.25, 0.3) is 10.2 Å². The maximum absolute atomic E-state index is 12.5. The number of hydrogen-bond acceptors (Lipinski definition) is 5. The largest absolute Gasteiger partial charge is 0.495 e. The van der Waals surface area contributed by atoms with Crippen molar-refractivity contribution in [2.75, 3.05) is 12.4 Å². The maximum Gasteiger partial charge on any atom is 0.268 e. The Morgan fingerprint density at radius 1 is 1.36 bits per heavy atom. The van der Waals surface area contributed by atoms with E-state index in [0.717, 1.165) is 11.3 Å². The van der Waals surface area contributed by atoms with Crippen LogP contribution in [0.4, 0.5) is 5.69 Å². The number of thiophene rings is 1. The van der Waals surface area contributed by atoms with E-state index in [2.05, 4.69) is 15.3 Å². The molecule has 0 aliphatic heterocycles. The third-order valence-corrected chi connectivity index (χ3v) is 4.55. The highest BCUT2D eigenvalue weighted by Crippen LogP contribution is 2.29. The smallest absolute Gasteiger partial charge is 0.268 e. The average Bonchev–Trinajstić information content (AvgIpc) is 2.87. The summed E-state index contributed by atoms with van der Waals surface area (Å²) in [6.07, 6.45) is 1.34. The number of nitrogens with one attached hydrogen (secondary N) is 2. The fourth-order valence-electron chi connectivity index (χ4n) is 2.18. The number of H-pyrrole nitrogens is 1. The van der Waals surface area contributed by atoms with Gasteiger partial charge in [0, 0.05) is 0 Å². The highest BCUT2D eigenvalue weighted by atomic mass is 32.1. The van der Waals surface area contributed by atoms with Gasteiger partial charge in [-0.3, -0.25) is 9.59 Å². The second kappa shape index (κ2) is 5.61. The Kier molecular flexibility index (Phi) is 3.64. The van der Waals surface area contributed by atoms with Gasteiger partial charge in [0.25, 0.3) is 11.5 Å². The van der Waals surface area contributed by atoms with Crippen molar-refractivity contribution in [2.24, 2.45) is 0 Å². The van der Waals surface area contributed by atoms with Gasteiger partial charge in [-0.25, -0.2) is 4.98 Å². The predicted molar refractivity (Wildman–Crippen MR) is 85.9 cm³/mol. The number of fused-ring (bicyclic) bond motifs is 1. The van der Waals surface area contributed by atoms with Crippen LogP contribution in [0.5, 0.6) is 5.75 Å². The van der Waals surface area contributed by atoms with Gasteiger partial charge in [0.1, 0.15) is 10.4 Å². The van der Waals surface area contributed by atoms with E-state index in [-0.39, 0.29) is 11.5 Å². The molecule has 0 atom stereocenters. The molecule has 0 aliphatic carbocycles. The predicted octanol–water partition coefficient (Wildman–Crippen LogP) is 2.55. The number of aromatic nitrogens is 2. The molecule has 1 aromatic carbocycles. The third kappa shape index (κ3) is 2.35. The van der Waals surface area contributed by atoms with Crippen molar-refractivity contribution in [2.45, 2.75) is 6.92 Å². The van der Waals surface area contributed by atoms with Crippen LogP contribution >= 0.6 is 11.3 Å². The highest BCUT2D eigenvalue weighted by Gasteiger charge is 2.19. The van der Waals surface area contributed by atoms with E-state index in [4.69, 9.17) is 4.74 Å². The van der Waals surface area contributed by atoms with Crippen LogP contribution in [-0.4, -0.2) is 23.0 Å². The fraction of sp³-hybridized carbons (Fsp3) is 0.133. The van der Waals surface area contributed by atoms with Crippen molar-refractivity contribution in [3.63, 3.8) is 0 Å². The minimum absolute atomic E-state index is 0.241. The van der Waals surface area contributed by atoms with Crippen LogP contribution in [0, 0.1) is 6.92 Å². The lowest BCUT2D eigenvalue weighted by molar-refractivity contribution is 0.102. The van der Waals surface area contributed by atoms with Crippen molar-refractivity contribution in [1.82, 2.24) is 9.97 Å². The number of amides is 1. The van der Waals surface area contributed by atoms with Crippen LogP contribution in [0.3, 0.4) is 0 Å². The Labute approximate surface area is 129 Å². The number of carbonyl (C=O) groups excluding carboxylic acids is 1. The van der Waals surface area contributed by atoms with Crippen molar-refractivity contribution in [3.8, 4) is 5.75 Å². The lowest BCUT2D eigenvalue weighted by atomic mass is 10.2. The molecular weight excluding hydrogens is 302 g/mol. The molecule has 0 bridgehead atoms. The average molecular weight is 315 g/mol. The van der Waals surface area contributed by atoms with Gasteiger partial charge >= 0.3 is 0 Å². The second-order valence-corrected chi connectivity index (χ2v) is 5.64. The van der Waals surface area contributed by atoms with E-state index in [9.17, 15) is 9.59 Å². The number of hydrogen-bond donors (Lipinski definition) is 2. The van der Waals surface area contributed by atoms with E-state index in [1.165, 1.54) is 6.33 Å². The van der Waals surface area contributed by atoms with Crippen LogP contribution < -0.4 is 15.6 Å². The number of ether oxygens (including phenoxy) is 1. The third-order valence-electron chi connectivity index (χ3n) is 3.27. The number of anilines is 1. The number of nitrogens with zero attached hydrogens (tertiary/aromatic N) is 1. The zero-order valence-corrected chi connectivity index (χ0v) is 12.8. The first-order valence-electron chi connectivity index (χ1n) is 6.53. The maximum atomic E-state index is 12.5. The van der Waals surface area contributed by atoms with Crippen LogP contribution in [-0.2, 0) is 0 Å². The first-order chi connectivity index (χ1) is 10.6. The molecule has 0 saturated heterocycles. The Morgan fingerprint density at radius 3 is 2.86 bits per heavy atom. The normalized spacial score (nSPS) is 10.6. The van der Waals surface area contributed by atoms with Gasteiger partial charge < -0.3 is 15.0 Å². The molecule has 3 aromatic rings. The molecule has 0 spiro atoms. The number of methoxy groups -OCH3 is 1. The molecule has 7 heteroatoms. The molecule has 6 nitrogen and oxygen atoms in total. The number of aromatic amines is 1. The summed E-state index contributed by atoms with van der Waals surface area (Å²) in [5.74, 6) is 0.287. The summed E-state index contributed by atoms with van der Waals surface area (Å²) < 4.78 is 5.66. The molecule has 0 saturated carbocycles. The number of para-hydroxylation sites is 2. The molecule has 2 N–H and O–H groups in total. The number of aryl methyl sites for hydroxylation is 1. The van der Waals surface area contributed by atoms with Crippen molar-refractivity contribution in [3.05, 3.63) is 51.4 Å². The van der Waals surface area contributed by atoms with E-state index in [0.29, 0.717) is 32.1 Å². The van der Waals surface area contributed by atoms with Gasteiger partial charge in [0.05, 0.1) is 29.5 Å². The Bertz CT molecular complexity index is 914. The van der Waals surface area contributed by atoms with Gasteiger partial charge in [-0.2, -0.15) is 0 Å². The van der Waals surface area contributed by atoms with Crippen LogP contribution in [0.1, 0.15) is 15.2 Å². The van der Waals surface area contributed by atoms with Crippen molar-refractivity contribution >= 4 is 33.1 Å². The second-order valence-electron chi connectivity index (χ2n) is 4.62. The monoisotopic (exact) mass is 315 g/mol. The quantitative estimate of drug-likeness (QED) is 0.778. The molecule has 112 valence electrons. The molecule has 0 unspecified atom stereocenters. The molecule has 2 heterocycles. The van der Waals surface area contributed by atoms with E-state index >= 15 is 0 Å². The SMILES string of the molecule is COc1ccccc1NC(=O)c1sc2c(=O)[nH]cnc2c1C. The van der Waals surface area contributed by atoms with Crippen molar-refractivity contribution < 1.29 is 9.53 Å². The number of rotatable bonds is 3. The van der Waals surface area contributed by atoms with Crippen molar-refractivity contribution in [1.29, 1.82) is 0 Å². The summed E-state index contributed by atoms with van der Waals surface area (Å²) in [5.41, 5.74) is 1.58. The Balaban J connectivity index is 2.01. The summed E-state index contributed by atoms with van der Waals surface area (Å²) in [6, 6.07) is 7.15. The van der Waals surface area contributed by atoms with Crippen LogP contribution in [0.2, 0.25) is 0 Å². The summed E-state index contributed by atoms with van der Waals surface area (Å²) in [7, 11) is 1.54. The number of benzene rings is 1. The zero-order chi connectivity index (χ0) is 15.7. The van der Waals surface area contributed by atoms with Gasteiger partial charge in [-0.15, -0.1) is 11.3 Å². The van der Waals surface area contributed by atoms with E-state index in [1.54, 1.807) is 26.2 Å². The molecule has 3 rings (SSSR count).